The molecular weight excluding hydrogens is 354 g/mol. The van der Waals surface area contributed by atoms with Crippen LogP contribution in [0.15, 0.2) is 66.0 Å². The van der Waals surface area contributed by atoms with E-state index in [1.807, 2.05) is 48.7 Å². The Morgan fingerprint density at radius 2 is 1.80 bits per heavy atom. The van der Waals surface area contributed by atoms with Gasteiger partial charge in [-0.3, -0.25) is 9.59 Å². The zero-order valence-electron chi connectivity index (χ0n) is 13.5. The number of carbonyl (C=O) groups is 2. The lowest BCUT2D eigenvalue weighted by Crippen LogP contribution is -2.19. The minimum atomic E-state index is -0.386. The molecule has 2 aromatic carbocycles. The van der Waals surface area contributed by atoms with Gasteiger partial charge in [0.1, 0.15) is 0 Å². The summed E-state index contributed by atoms with van der Waals surface area (Å²) in [7, 11) is 0. The number of rotatable bonds is 5. The van der Waals surface area contributed by atoms with Gasteiger partial charge in [0.25, 0.3) is 0 Å². The highest BCUT2D eigenvalue weighted by Gasteiger charge is 2.19. The lowest BCUT2D eigenvalue weighted by Gasteiger charge is -2.14. The van der Waals surface area contributed by atoms with Crippen LogP contribution in [0.5, 0.6) is 0 Å². The van der Waals surface area contributed by atoms with Crippen molar-refractivity contribution in [1.82, 2.24) is 0 Å². The number of anilines is 1. The van der Waals surface area contributed by atoms with Crippen molar-refractivity contribution >= 4 is 40.3 Å². The fourth-order valence-corrected chi connectivity index (χ4v) is 3.40. The molecule has 1 unspecified atom stereocenters. The highest BCUT2D eigenvalue weighted by molar-refractivity contribution is 7.12. The van der Waals surface area contributed by atoms with Crippen molar-refractivity contribution in [3.8, 4) is 0 Å². The van der Waals surface area contributed by atoms with Gasteiger partial charge in [0, 0.05) is 11.3 Å². The first-order chi connectivity index (χ1) is 12.1. The quantitative estimate of drug-likeness (QED) is 0.614. The summed E-state index contributed by atoms with van der Waals surface area (Å²) in [6.45, 7) is 1.81. The number of hydrogen-bond acceptors (Lipinski definition) is 3. The van der Waals surface area contributed by atoms with Gasteiger partial charge >= 0.3 is 0 Å². The molecule has 0 bridgehead atoms. The van der Waals surface area contributed by atoms with Gasteiger partial charge in [0.15, 0.2) is 0 Å². The Labute approximate surface area is 155 Å². The van der Waals surface area contributed by atoms with Gasteiger partial charge in [-0.15, -0.1) is 11.3 Å². The Hall–Kier alpha value is -2.43. The Morgan fingerprint density at radius 1 is 1.04 bits per heavy atom. The van der Waals surface area contributed by atoms with Crippen LogP contribution < -0.4 is 5.32 Å². The monoisotopic (exact) mass is 369 g/mol. The fourth-order valence-electron chi connectivity index (χ4n) is 2.45. The Kier molecular flexibility index (Phi) is 5.31. The summed E-state index contributed by atoms with van der Waals surface area (Å²) in [5, 5.41) is 5.08. The standard InChI is InChI=1S/C20H16ClNO2S/c1-13(20(24)22-15-6-3-2-4-7-15)14-9-10-16(17(21)12-14)19(23)18-8-5-11-25-18/h2-13H,1H3,(H,22,24). The molecule has 25 heavy (non-hydrogen) atoms. The molecule has 3 rings (SSSR count). The number of thiophene rings is 1. The SMILES string of the molecule is CC(C(=O)Nc1ccccc1)c1ccc(C(=O)c2cccs2)c(Cl)c1. The number of nitrogens with one attached hydrogen (secondary N) is 1. The fraction of sp³-hybridized carbons (Fsp3) is 0.100. The highest BCUT2D eigenvalue weighted by atomic mass is 35.5. The molecule has 5 heteroatoms. The first-order valence-electron chi connectivity index (χ1n) is 7.80. The average Bonchev–Trinajstić information content (AvgIpc) is 3.16. The van der Waals surface area contributed by atoms with Crippen LogP contribution in [-0.2, 0) is 4.79 Å². The van der Waals surface area contributed by atoms with Gasteiger partial charge in [-0.25, -0.2) is 0 Å². The minimum absolute atomic E-state index is 0.104. The van der Waals surface area contributed by atoms with Crippen molar-refractivity contribution < 1.29 is 9.59 Å². The van der Waals surface area contributed by atoms with E-state index < -0.39 is 0 Å². The predicted octanol–water partition coefficient (Wildman–Crippen LogP) is 5.37. The molecule has 3 nitrogen and oxygen atoms in total. The van der Waals surface area contributed by atoms with Crippen LogP contribution in [0.3, 0.4) is 0 Å². The van der Waals surface area contributed by atoms with E-state index in [2.05, 4.69) is 5.32 Å². The Bertz CT molecular complexity index is 891. The molecule has 0 saturated heterocycles. The summed E-state index contributed by atoms with van der Waals surface area (Å²) in [6.07, 6.45) is 0. The molecule has 1 aromatic heterocycles. The third kappa shape index (κ3) is 3.98. The maximum Gasteiger partial charge on any atom is 0.231 e. The third-order valence-electron chi connectivity index (χ3n) is 3.92. The summed E-state index contributed by atoms with van der Waals surface area (Å²) >= 11 is 7.68. The van der Waals surface area contributed by atoms with Gasteiger partial charge < -0.3 is 5.32 Å². The van der Waals surface area contributed by atoms with Crippen molar-refractivity contribution in [2.45, 2.75) is 12.8 Å². The molecule has 0 radical (unpaired) electrons. The number of ketones is 1. The van der Waals surface area contributed by atoms with Crippen LogP contribution in [0.4, 0.5) is 5.69 Å². The normalized spacial score (nSPS) is 11.8. The maximum atomic E-state index is 12.4. The number of para-hydroxylation sites is 1. The molecule has 1 N–H and O–H groups in total. The molecule has 0 saturated carbocycles. The van der Waals surface area contributed by atoms with E-state index in [0.29, 0.717) is 15.5 Å². The van der Waals surface area contributed by atoms with E-state index in [1.165, 1.54) is 11.3 Å². The van der Waals surface area contributed by atoms with Gasteiger partial charge in [0.05, 0.1) is 15.8 Å². The Balaban J connectivity index is 1.78. The molecule has 1 heterocycles. The van der Waals surface area contributed by atoms with Crippen LogP contribution in [0, 0.1) is 0 Å². The van der Waals surface area contributed by atoms with Crippen molar-refractivity contribution in [2.75, 3.05) is 5.32 Å². The van der Waals surface area contributed by atoms with E-state index in [4.69, 9.17) is 11.6 Å². The highest BCUT2D eigenvalue weighted by Crippen LogP contribution is 2.27. The predicted molar refractivity (Wildman–Crippen MR) is 103 cm³/mol. The van der Waals surface area contributed by atoms with Gasteiger partial charge in [0.2, 0.25) is 11.7 Å². The van der Waals surface area contributed by atoms with Crippen molar-refractivity contribution in [2.24, 2.45) is 0 Å². The van der Waals surface area contributed by atoms with Crippen LogP contribution >= 0.6 is 22.9 Å². The number of amides is 1. The zero-order valence-corrected chi connectivity index (χ0v) is 15.1. The van der Waals surface area contributed by atoms with Crippen molar-refractivity contribution in [3.05, 3.63) is 87.1 Å². The van der Waals surface area contributed by atoms with Crippen LogP contribution in [0.2, 0.25) is 5.02 Å². The van der Waals surface area contributed by atoms with Crippen molar-refractivity contribution in [1.29, 1.82) is 0 Å². The summed E-state index contributed by atoms with van der Waals surface area (Å²) in [5.74, 6) is -0.615. The second kappa shape index (κ2) is 7.64. The molecule has 1 amide bonds. The minimum Gasteiger partial charge on any atom is -0.326 e. The van der Waals surface area contributed by atoms with Crippen LogP contribution in [0.1, 0.15) is 33.6 Å². The number of carbonyl (C=O) groups excluding carboxylic acids is 2. The Morgan fingerprint density at radius 3 is 2.44 bits per heavy atom. The molecule has 0 spiro atoms. The van der Waals surface area contributed by atoms with Gasteiger partial charge in [-0.05, 0) is 48.2 Å². The first-order valence-corrected chi connectivity index (χ1v) is 9.05. The van der Waals surface area contributed by atoms with E-state index >= 15 is 0 Å². The maximum absolute atomic E-state index is 12.4. The topological polar surface area (TPSA) is 46.2 Å². The van der Waals surface area contributed by atoms with Gasteiger partial charge in [-0.2, -0.15) is 0 Å². The molecule has 0 fully saturated rings. The van der Waals surface area contributed by atoms with E-state index in [1.54, 1.807) is 24.3 Å². The summed E-state index contributed by atoms with van der Waals surface area (Å²) in [4.78, 5) is 25.5. The third-order valence-corrected chi connectivity index (χ3v) is 5.10. The van der Waals surface area contributed by atoms with Crippen molar-refractivity contribution in [3.63, 3.8) is 0 Å². The molecule has 3 aromatic rings. The smallest absolute Gasteiger partial charge is 0.231 e. The average molecular weight is 370 g/mol. The molecule has 0 aliphatic heterocycles. The summed E-state index contributed by atoms with van der Waals surface area (Å²) in [5.41, 5.74) is 1.96. The first kappa shape index (κ1) is 17.4. The summed E-state index contributed by atoms with van der Waals surface area (Å²) in [6, 6.07) is 18.0. The zero-order chi connectivity index (χ0) is 17.8. The lowest BCUT2D eigenvalue weighted by molar-refractivity contribution is -0.117. The molecular formula is C20H16ClNO2S. The molecule has 0 aliphatic carbocycles. The number of hydrogen-bond donors (Lipinski definition) is 1. The van der Waals surface area contributed by atoms with E-state index in [-0.39, 0.29) is 17.6 Å². The largest absolute Gasteiger partial charge is 0.326 e. The second-order valence-electron chi connectivity index (χ2n) is 5.62. The lowest BCUT2D eigenvalue weighted by atomic mass is 9.97. The number of halogens is 1. The van der Waals surface area contributed by atoms with Crippen LogP contribution in [0.25, 0.3) is 0 Å². The van der Waals surface area contributed by atoms with Crippen LogP contribution in [-0.4, -0.2) is 11.7 Å². The second-order valence-corrected chi connectivity index (χ2v) is 6.98. The van der Waals surface area contributed by atoms with E-state index in [9.17, 15) is 9.59 Å². The van der Waals surface area contributed by atoms with E-state index in [0.717, 1.165) is 11.3 Å². The van der Waals surface area contributed by atoms with Gasteiger partial charge in [-0.1, -0.05) is 41.9 Å². The molecule has 1 atom stereocenters. The molecule has 0 aliphatic rings. The number of benzene rings is 2. The molecule has 126 valence electrons. The summed E-state index contributed by atoms with van der Waals surface area (Å²) < 4.78 is 0.